The quantitative estimate of drug-likeness (QED) is 0.608. The fourth-order valence-electron chi connectivity index (χ4n) is 1.41. The van der Waals surface area contributed by atoms with Crippen molar-refractivity contribution in [2.24, 2.45) is 0 Å². The molecule has 2 amide bonds. The highest BCUT2D eigenvalue weighted by atomic mass is 35.5. The van der Waals surface area contributed by atoms with Gasteiger partial charge in [0.1, 0.15) is 5.75 Å². The van der Waals surface area contributed by atoms with Gasteiger partial charge in [-0.15, -0.1) is 0 Å². The predicted molar refractivity (Wildman–Crippen MR) is 58.7 cm³/mol. The summed E-state index contributed by atoms with van der Waals surface area (Å²) in [4.78, 5) is 21.6. The fraction of sp³-hybridized carbons (Fsp3) is 0.200. The van der Waals surface area contributed by atoms with E-state index in [0.29, 0.717) is 18.0 Å². The number of fused-ring (bicyclic) bond motifs is 1. The third-order valence-electron chi connectivity index (χ3n) is 2.11. The van der Waals surface area contributed by atoms with Crippen molar-refractivity contribution in [3.63, 3.8) is 0 Å². The number of nitrogens with one attached hydrogen (secondary N) is 2. The summed E-state index contributed by atoms with van der Waals surface area (Å²) >= 11 is 5.15. The first-order chi connectivity index (χ1) is 7.65. The minimum Gasteiger partial charge on any atom is -0.482 e. The van der Waals surface area contributed by atoms with Crippen LogP contribution in [0.4, 0.5) is 10.5 Å². The highest BCUT2D eigenvalue weighted by Gasteiger charge is 2.15. The summed E-state index contributed by atoms with van der Waals surface area (Å²) < 4.78 is 5.19. The minimum atomic E-state index is -0.613. The number of amides is 2. The molecular formula is C10H9ClN2O3. The van der Waals surface area contributed by atoms with Crippen molar-refractivity contribution < 1.29 is 14.3 Å². The van der Waals surface area contributed by atoms with Crippen LogP contribution in [0.5, 0.6) is 5.75 Å². The van der Waals surface area contributed by atoms with E-state index >= 15 is 0 Å². The van der Waals surface area contributed by atoms with E-state index in [1.807, 2.05) is 0 Å². The largest absolute Gasteiger partial charge is 0.482 e. The first kappa shape index (κ1) is 10.8. The second-order valence-corrected chi connectivity index (χ2v) is 3.64. The van der Waals surface area contributed by atoms with Crippen LogP contribution < -0.4 is 15.4 Å². The molecule has 2 rings (SSSR count). The number of ether oxygens (including phenoxy) is 1. The number of anilines is 1. The van der Waals surface area contributed by atoms with Gasteiger partial charge in [0, 0.05) is 6.54 Å². The molecule has 0 atom stereocenters. The molecule has 0 bridgehead atoms. The first-order valence-corrected chi connectivity index (χ1v) is 5.02. The van der Waals surface area contributed by atoms with E-state index in [-0.39, 0.29) is 12.5 Å². The van der Waals surface area contributed by atoms with Crippen molar-refractivity contribution in [3.8, 4) is 5.75 Å². The molecule has 0 radical (unpaired) electrons. The number of carbonyl (C=O) groups excluding carboxylic acids is 2. The van der Waals surface area contributed by atoms with Crippen molar-refractivity contribution >= 4 is 28.6 Å². The molecule has 1 heterocycles. The molecule has 0 saturated carbocycles. The van der Waals surface area contributed by atoms with Crippen LogP contribution >= 0.6 is 11.6 Å². The Bertz CT molecular complexity index is 448. The lowest BCUT2D eigenvalue weighted by molar-refractivity contribution is -0.118. The zero-order valence-corrected chi connectivity index (χ0v) is 9.00. The number of benzene rings is 1. The van der Waals surface area contributed by atoms with Gasteiger partial charge in [-0.3, -0.25) is 9.59 Å². The zero-order valence-electron chi connectivity index (χ0n) is 8.25. The Labute approximate surface area is 96.7 Å². The van der Waals surface area contributed by atoms with Gasteiger partial charge in [-0.25, -0.2) is 0 Å². The lowest BCUT2D eigenvalue weighted by Gasteiger charge is -2.18. The average Bonchev–Trinajstić information content (AvgIpc) is 2.25. The Hall–Kier alpha value is -1.75. The monoisotopic (exact) mass is 240 g/mol. The number of rotatable bonds is 2. The molecule has 1 aliphatic rings. The SMILES string of the molecule is O=C(Cl)NCc1ccc2c(c1)NC(=O)CO2. The van der Waals surface area contributed by atoms with Gasteiger partial charge >= 0.3 is 5.37 Å². The Morgan fingerprint density at radius 3 is 3.12 bits per heavy atom. The summed E-state index contributed by atoms with van der Waals surface area (Å²) in [6.45, 7) is 0.343. The number of hydrogen-bond acceptors (Lipinski definition) is 3. The van der Waals surface area contributed by atoms with Gasteiger partial charge in [0.15, 0.2) is 6.61 Å². The molecule has 1 aromatic carbocycles. The number of hydrogen-bond donors (Lipinski definition) is 2. The summed E-state index contributed by atoms with van der Waals surface area (Å²) in [5.74, 6) is 0.437. The smallest absolute Gasteiger partial charge is 0.314 e. The second-order valence-electron chi connectivity index (χ2n) is 3.29. The summed E-state index contributed by atoms with van der Waals surface area (Å²) in [6, 6.07) is 5.27. The topological polar surface area (TPSA) is 67.4 Å². The van der Waals surface area contributed by atoms with Crippen molar-refractivity contribution in [2.75, 3.05) is 11.9 Å². The first-order valence-electron chi connectivity index (χ1n) is 4.64. The second kappa shape index (κ2) is 4.40. The Kier molecular flexibility index (Phi) is 2.96. The Morgan fingerprint density at radius 2 is 2.38 bits per heavy atom. The van der Waals surface area contributed by atoms with Gasteiger partial charge in [-0.1, -0.05) is 6.07 Å². The molecule has 5 nitrogen and oxygen atoms in total. The van der Waals surface area contributed by atoms with Crippen LogP contribution in [0, 0.1) is 0 Å². The minimum absolute atomic E-state index is 0.0325. The van der Waals surface area contributed by atoms with E-state index < -0.39 is 5.37 Å². The van der Waals surface area contributed by atoms with Gasteiger partial charge < -0.3 is 15.4 Å². The third kappa shape index (κ3) is 2.43. The van der Waals surface area contributed by atoms with Crippen molar-refractivity contribution in [2.45, 2.75) is 6.54 Å². The lowest BCUT2D eigenvalue weighted by atomic mass is 10.1. The fourth-order valence-corrected chi connectivity index (χ4v) is 1.48. The van der Waals surface area contributed by atoms with Crippen LogP contribution in [-0.4, -0.2) is 17.9 Å². The molecule has 1 aromatic rings. The molecular weight excluding hydrogens is 232 g/mol. The van der Waals surface area contributed by atoms with Crippen molar-refractivity contribution in [1.29, 1.82) is 0 Å². The molecule has 16 heavy (non-hydrogen) atoms. The summed E-state index contributed by atoms with van der Waals surface area (Å²) in [6.07, 6.45) is 0. The zero-order chi connectivity index (χ0) is 11.5. The van der Waals surface area contributed by atoms with Crippen molar-refractivity contribution in [1.82, 2.24) is 5.32 Å². The molecule has 84 valence electrons. The highest BCUT2D eigenvalue weighted by Crippen LogP contribution is 2.28. The summed E-state index contributed by atoms with van der Waals surface area (Å²) in [5.41, 5.74) is 1.44. The van der Waals surface area contributed by atoms with Crippen LogP contribution in [0.3, 0.4) is 0 Å². The van der Waals surface area contributed by atoms with Crippen LogP contribution in [0.2, 0.25) is 0 Å². The number of halogens is 1. The van der Waals surface area contributed by atoms with Crippen LogP contribution in [0.15, 0.2) is 18.2 Å². The van der Waals surface area contributed by atoms with Gasteiger partial charge in [-0.05, 0) is 29.3 Å². The van der Waals surface area contributed by atoms with Crippen LogP contribution in [0.25, 0.3) is 0 Å². The van der Waals surface area contributed by atoms with Gasteiger partial charge in [0.25, 0.3) is 5.91 Å². The van der Waals surface area contributed by atoms with Gasteiger partial charge in [0.05, 0.1) is 5.69 Å². The Balaban J connectivity index is 2.14. The summed E-state index contributed by atoms with van der Waals surface area (Å²) in [7, 11) is 0. The summed E-state index contributed by atoms with van der Waals surface area (Å²) in [5, 5.41) is 4.52. The molecule has 0 unspecified atom stereocenters. The van der Waals surface area contributed by atoms with E-state index in [0.717, 1.165) is 5.56 Å². The average molecular weight is 241 g/mol. The molecule has 0 aromatic heterocycles. The van der Waals surface area contributed by atoms with Crippen LogP contribution in [-0.2, 0) is 11.3 Å². The maximum absolute atomic E-state index is 11.1. The molecule has 2 N–H and O–H groups in total. The lowest BCUT2D eigenvalue weighted by Crippen LogP contribution is -2.25. The van der Waals surface area contributed by atoms with Crippen LogP contribution in [0.1, 0.15) is 5.56 Å². The standard InChI is InChI=1S/C10H9ClN2O3/c11-10(15)12-4-6-1-2-8-7(3-6)13-9(14)5-16-8/h1-3H,4-5H2,(H,12,15)(H,13,14). The molecule has 0 aliphatic carbocycles. The predicted octanol–water partition coefficient (Wildman–Crippen LogP) is 1.47. The van der Waals surface area contributed by atoms with Gasteiger partial charge in [-0.2, -0.15) is 0 Å². The molecule has 6 heteroatoms. The molecule has 0 saturated heterocycles. The normalized spacial score (nSPS) is 13.4. The van der Waals surface area contributed by atoms with E-state index in [1.54, 1.807) is 18.2 Å². The van der Waals surface area contributed by atoms with E-state index in [1.165, 1.54) is 0 Å². The Morgan fingerprint density at radius 1 is 1.56 bits per heavy atom. The van der Waals surface area contributed by atoms with E-state index in [2.05, 4.69) is 10.6 Å². The molecule has 1 aliphatic heterocycles. The van der Waals surface area contributed by atoms with E-state index in [9.17, 15) is 9.59 Å². The van der Waals surface area contributed by atoms with Crippen molar-refractivity contribution in [3.05, 3.63) is 23.8 Å². The third-order valence-corrected chi connectivity index (χ3v) is 2.24. The number of carbonyl (C=O) groups is 2. The maximum atomic E-state index is 11.1. The molecule has 0 fully saturated rings. The highest BCUT2D eigenvalue weighted by molar-refractivity contribution is 6.62. The molecule has 0 spiro atoms. The van der Waals surface area contributed by atoms with E-state index in [4.69, 9.17) is 16.3 Å². The van der Waals surface area contributed by atoms with Gasteiger partial charge in [0.2, 0.25) is 0 Å². The maximum Gasteiger partial charge on any atom is 0.314 e.